The summed E-state index contributed by atoms with van der Waals surface area (Å²) < 4.78 is 32.1. The number of nitrogens with one attached hydrogen (secondary N) is 1. The molecule has 0 aromatic heterocycles. The molecule has 0 fully saturated rings. The summed E-state index contributed by atoms with van der Waals surface area (Å²) in [4.78, 5) is 12.9. The Bertz CT molecular complexity index is 1050. The summed E-state index contributed by atoms with van der Waals surface area (Å²) in [6.07, 6.45) is 1.39. The van der Waals surface area contributed by atoms with Gasteiger partial charge in [0.25, 0.3) is 0 Å². The van der Waals surface area contributed by atoms with Crippen LogP contribution < -0.4 is 14.4 Å². The molecule has 0 spiro atoms. The van der Waals surface area contributed by atoms with Gasteiger partial charge in [-0.3, -0.25) is 9.10 Å². The largest absolute Gasteiger partial charge is 0.491 e. The molecule has 32 heavy (non-hydrogen) atoms. The van der Waals surface area contributed by atoms with Crippen LogP contribution in [0.5, 0.6) is 5.75 Å². The number of carbonyl (C=O) groups is 1. The Balaban J connectivity index is 2.11. The predicted octanol–water partition coefficient (Wildman–Crippen LogP) is 4.69. The van der Waals surface area contributed by atoms with Gasteiger partial charge in [0, 0.05) is 5.02 Å². The van der Waals surface area contributed by atoms with E-state index in [1.807, 2.05) is 31.2 Å². The van der Waals surface area contributed by atoms with Gasteiger partial charge in [0.15, 0.2) is 0 Å². The minimum Gasteiger partial charge on any atom is -0.491 e. The predicted molar refractivity (Wildman–Crippen MR) is 131 cm³/mol. The fraction of sp³-hybridized carbons (Fsp3) is 0.458. The lowest BCUT2D eigenvalue weighted by Gasteiger charge is -2.30. The summed E-state index contributed by atoms with van der Waals surface area (Å²) in [6.45, 7) is 10.5. The molecule has 0 aliphatic carbocycles. The number of hydrogen-bond acceptors (Lipinski definition) is 4. The minimum atomic E-state index is -3.72. The molecule has 0 aliphatic rings. The third kappa shape index (κ3) is 6.62. The molecule has 2 aromatic rings. The molecule has 1 N–H and O–H groups in total. The van der Waals surface area contributed by atoms with E-state index in [4.69, 9.17) is 16.3 Å². The van der Waals surface area contributed by atoms with Gasteiger partial charge in [0.05, 0.1) is 18.5 Å². The van der Waals surface area contributed by atoms with Crippen LogP contribution in [0.1, 0.15) is 45.2 Å². The van der Waals surface area contributed by atoms with E-state index in [9.17, 15) is 13.2 Å². The molecule has 0 aliphatic heterocycles. The Morgan fingerprint density at radius 1 is 1.19 bits per heavy atom. The highest BCUT2D eigenvalue weighted by atomic mass is 35.5. The summed E-state index contributed by atoms with van der Waals surface area (Å²) >= 11 is 6.20. The highest BCUT2D eigenvalue weighted by molar-refractivity contribution is 7.92. The Kier molecular flexibility index (Phi) is 8.60. The molecule has 0 heterocycles. The Hall–Kier alpha value is -2.25. The normalized spacial score (nSPS) is 12.8. The van der Waals surface area contributed by atoms with Crippen molar-refractivity contribution in [2.75, 3.05) is 23.7 Å². The minimum absolute atomic E-state index is 0.0710. The van der Waals surface area contributed by atoms with Gasteiger partial charge in [-0.15, -0.1) is 0 Å². The first-order valence-corrected chi connectivity index (χ1v) is 12.8. The Labute approximate surface area is 197 Å². The zero-order valence-electron chi connectivity index (χ0n) is 19.6. The zero-order chi connectivity index (χ0) is 24.1. The van der Waals surface area contributed by atoms with Crippen molar-refractivity contribution in [3.8, 4) is 5.75 Å². The van der Waals surface area contributed by atoms with Gasteiger partial charge in [-0.05, 0) is 48.1 Å². The molecule has 176 valence electrons. The number of nitrogens with zero attached hydrogens (tertiary/aromatic N) is 1. The molecule has 0 saturated heterocycles. The van der Waals surface area contributed by atoms with Gasteiger partial charge in [0.2, 0.25) is 15.9 Å². The molecular weight excluding hydrogens is 448 g/mol. The van der Waals surface area contributed by atoms with Crippen molar-refractivity contribution in [1.29, 1.82) is 0 Å². The van der Waals surface area contributed by atoms with Crippen LogP contribution in [0.4, 0.5) is 5.69 Å². The summed E-state index contributed by atoms with van der Waals surface area (Å²) in [5.74, 6) is 0.385. The average Bonchev–Trinajstić information content (AvgIpc) is 2.70. The average molecular weight is 481 g/mol. The van der Waals surface area contributed by atoms with Crippen molar-refractivity contribution in [1.82, 2.24) is 5.32 Å². The smallest absolute Gasteiger partial charge is 0.244 e. The topological polar surface area (TPSA) is 75.7 Å². The number of halogens is 1. The van der Waals surface area contributed by atoms with Crippen LogP contribution in [-0.2, 0) is 20.2 Å². The molecule has 0 saturated carbocycles. The number of rotatable bonds is 9. The SMILES string of the molecule is CCC(C(=O)NCCOc1ccccc1C(C)(C)C)N(c1ccc(C)c(Cl)c1)S(C)(=O)=O. The second-order valence-corrected chi connectivity index (χ2v) is 11.1. The summed E-state index contributed by atoms with van der Waals surface area (Å²) in [5, 5.41) is 3.25. The van der Waals surface area contributed by atoms with Crippen LogP contribution in [0.15, 0.2) is 42.5 Å². The van der Waals surface area contributed by atoms with E-state index in [1.54, 1.807) is 25.1 Å². The number of anilines is 1. The standard InChI is InChI=1S/C24H33ClN2O4S/c1-7-21(27(32(6,29)30)18-13-12-17(2)20(25)16-18)23(28)26-14-15-31-22-11-9-8-10-19(22)24(3,4)5/h8-13,16,21H,7,14-15H2,1-6H3,(H,26,28). The van der Waals surface area contributed by atoms with E-state index in [2.05, 4.69) is 26.1 Å². The van der Waals surface area contributed by atoms with Crippen LogP contribution in [-0.4, -0.2) is 39.8 Å². The Morgan fingerprint density at radius 3 is 2.41 bits per heavy atom. The number of ether oxygens (including phenoxy) is 1. The first kappa shape index (κ1) is 26.0. The van der Waals surface area contributed by atoms with Crippen LogP contribution in [0.2, 0.25) is 5.02 Å². The molecule has 1 unspecified atom stereocenters. The van der Waals surface area contributed by atoms with Gasteiger partial charge in [-0.1, -0.05) is 63.6 Å². The van der Waals surface area contributed by atoms with Crippen molar-refractivity contribution < 1.29 is 17.9 Å². The van der Waals surface area contributed by atoms with E-state index < -0.39 is 16.1 Å². The van der Waals surface area contributed by atoms with Gasteiger partial charge in [-0.25, -0.2) is 8.42 Å². The summed E-state index contributed by atoms with van der Waals surface area (Å²) in [7, 11) is -3.72. The number of benzene rings is 2. The van der Waals surface area contributed by atoms with Crippen molar-refractivity contribution in [3.05, 3.63) is 58.6 Å². The molecule has 6 nitrogen and oxygen atoms in total. The number of carbonyl (C=O) groups excluding carboxylic acids is 1. The van der Waals surface area contributed by atoms with Gasteiger partial charge < -0.3 is 10.1 Å². The van der Waals surface area contributed by atoms with E-state index >= 15 is 0 Å². The second-order valence-electron chi connectivity index (χ2n) is 8.80. The number of hydrogen-bond donors (Lipinski definition) is 1. The van der Waals surface area contributed by atoms with Crippen LogP contribution in [0.3, 0.4) is 0 Å². The van der Waals surface area contributed by atoms with Gasteiger partial charge >= 0.3 is 0 Å². The first-order valence-electron chi connectivity index (χ1n) is 10.6. The highest BCUT2D eigenvalue weighted by Crippen LogP contribution is 2.31. The fourth-order valence-corrected chi connectivity index (χ4v) is 4.82. The lowest BCUT2D eigenvalue weighted by molar-refractivity contribution is -0.122. The van der Waals surface area contributed by atoms with Crippen molar-refractivity contribution in [2.45, 2.75) is 52.5 Å². The van der Waals surface area contributed by atoms with E-state index in [-0.39, 0.29) is 24.5 Å². The number of aryl methyl sites for hydroxylation is 1. The molecule has 0 radical (unpaired) electrons. The maximum atomic E-state index is 12.9. The molecule has 8 heteroatoms. The van der Waals surface area contributed by atoms with E-state index in [0.29, 0.717) is 17.1 Å². The maximum Gasteiger partial charge on any atom is 0.244 e. The Morgan fingerprint density at radius 2 is 1.84 bits per heavy atom. The van der Waals surface area contributed by atoms with Crippen molar-refractivity contribution >= 4 is 33.2 Å². The molecule has 0 bridgehead atoms. The molecule has 1 atom stereocenters. The lowest BCUT2D eigenvalue weighted by Crippen LogP contribution is -2.50. The lowest BCUT2D eigenvalue weighted by atomic mass is 9.86. The van der Waals surface area contributed by atoms with Gasteiger partial charge in [-0.2, -0.15) is 0 Å². The fourth-order valence-electron chi connectivity index (χ4n) is 3.44. The van der Waals surface area contributed by atoms with Crippen LogP contribution in [0, 0.1) is 6.92 Å². The summed E-state index contributed by atoms with van der Waals surface area (Å²) in [6, 6.07) is 11.9. The summed E-state index contributed by atoms with van der Waals surface area (Å²) in [5.41, 5.74) is 2.20. The third-order valence-corrected chi connectivity index (χ3v) is 6.68. The molecular formula is C24H33ClN2O4S. The second kappa shape index (κ2) is 10.6. The molecule has 1 amide bonds. The van der Waals surface area contributed by atoms with Crippen LogP contribution >= 0.6 is 11.6 Å². The number of amides is 1. The quantitative estimate of drug-likeness (QED) is 0.528. The van der Waals surface area contributed by atoms with Crippen molar-refractivity contribution in [2.24, 2.45) is 0 Å². The highest BCUT2D eigenvalue weighted by Gasteiger charge is 2.31. The van der Waals surface area contributed by atoms with E-state index in [1.165, 1.54) is 0 Å². The molecule has 2 rings (SSSR count). The number of sulfonamides is 1. The first-order chi connectivity index (χ1) is 14.9. The third-order valence-electron chi connectivity index (χ3n) is 5.09. The van der Waals surface area contributed by atoms with Crippen LogP contribution in [0.25, 0.3) is 0 Å². The monoisotopic (exact) mass is 480 g/mol. The van der Waals surface area contributed by atoms with Crippen molar-refractivity contribution in [3.63, 3.8) is 0 Å². The van der Waals surface area contributed by atoms with Gasteiger partial charge in [0.1, 0.15) is 18.4 Å². The maximum absolute atomic E-state index is 12.9. The zero-order valence-corrected chi connectivity index (χ0v) is 21.2. The molecule has 2 aromatic carbocycles. The van der Waals surface area contributed by atoms with E-state index in [0.717, 1.165) is 27.4 Å². The number of para-hydroxylation sites is 1.